The zero-order chi connectivity index (χ0) is 18.1. The number of fused-ring (bicyclic) bond motifs is 1. The molecule has 2 aromatic rings. The average Bonchev–Trinajstić information content (AvgIpc) is 3.31. The van der Waals surface area contributed by atoms with Crippen LogP contribution in [0.1, 0.15) is 48.9 Å². The second-order valence-corrected chi connectivity index (χ2v) is 7.66. The van der Waals surface area contributed by atoms with Gasteiger partial charge in [0.25, 0.3) is 0 Å². The minimum absolute atomic E-state index is 0.268. The summed E-state index contributed by atoms with van der Waals surface area (Å²) in [6.45, 7) is 0. The van der Waals surface area contributed by atoms with E-state index in [9.17, 15) is 5.26 Å². The molecule has 0 bridgehead atoms. The third-order valence-electron chi connectivity index (χ3n) is 6.10. The van der Waals surface area contributed by atoms with E-state index in [2.05, 4.69) is 29.9 Å². The van der Waals surface area contributed by atoms with Gasteiger partial charge in [0.2, 0.25) is 0 Å². The van der Waals surface area contributed by atoms with Crippen molar-refractivity contribution in [3.8, 4) is 17.6 Å². The van der Waals surface area contributed by atoms with Crippen molar-refractivity contribution >= 4 is 0 Å². The number of nitrogens with zero attached hydrogens (tertiary/aromatic N) is 2. The number of hydrogen-bond donors (Lipinski definition) is 0. The topological polar surface area (TPSA) is 47.2 Å². The first-order chi connectivity index (χ1) is 12.6. The fourth-order valence-corrected chi connectivity index (χ4v) is 4.52. The van der Waals surface area contributed by atoms with E-state index in [-0.39, 0.29) is 6.10 Å². The summed E-state index contributed by atoms with van der Waals surface area (Å²) in [5.41, 5.74) is 3.19. The lowest BCUT2D eigenvalue weighted by Crippen LogP contribution is -2.32. The molecule has 1 fully saturated rings. The number of aromatic nitrogens is 1. The molecule has 4 rings (SSSR count). The molecule has 0 spiro atoms. The van der Waals surface area contributed by atoms with Crippen LogP contribution in [0.3, 0.4) is 0 Å². The van der Waals surface area contributed by atoms with Crippen molar-refractivity contribution in [2.24, 2.45) is 7.05 Å². The minimum Gasteiger partial charge on any atom is -0.493 e. The lowest BCUT2D eigenvalue weighted by atomic mass is 9.70. The van der Waals surface area contributed by atoms with Gasteiger partial charge in [0.15, 0.2) is 11.5 Å². The summed E-state index contributed by atoms with van der Waals surface area (Å²) in [6.07, 6.45) is 9.55. The zero-order valence-corrected chi connectivity index (χ0v) is 15.6. The van der Waals surface area contributed by atoms with Crippen molar-refractivity contribution in [2.45, 2.75) is 56.5 Å². The second-order valence-electron chi connectivity index (χ2n) is 7.66. The maximum absolute atomic E-state index is 10.1. The lowest BCUT2D eigenvalue weighted by molar-refractivity contribution is 0.200. The predicted molar refractivity (Wildman–Crippen MR) is 101 cm³/mol. The highest BCUT2D eigenvalue weighted by Gasteiger charge is 2.38. The molecule has 0 amide bonds. The molecule has 136 valence electrons. The van der Waals surface area contributed by atoms with Crippen LogP contribution in [0.5, 0.6) is 11.5 Å². The van der Waals surface area contributed by atoms with Crippen molar-refractivity contribution in [3.63, 3.8) is 0 Å². The number of aryl methyl sites for hydroxylation is 1. The first-order valence-corrected chi connectivity index (χ1v) is 9.55. The van der Waals surface area contributed by atoms with Crippen LogP contribution in [0.2, 0.25) is 0 Å². The molecule has 0 aliphatic heterocycles. The molecule has 0 N–H and O–H groups in total. The molecule has 1 saturated carbocycles. The van der Waals surface area contributed by atoms with Crippen LogP contribution >= 0.6 is 0 Å². The highest BCUT2D eigenvalue weighted by Crippen LogP contribution is 2.42. The Labute approximate surface area is 155 Å². The largest absolute Gasteiger partial charge is 0.493 e. The summed E-state index contributed by atoms with van der Waals surface area (Å²) >= 11 is 0. The summed E-state index contributed by atoms with van der Waals surface area (Å²) in [4.78, 5) is 0. The van der Waals surface area contributed by atoms with E-state index < -0.39 is 5.41 Å². The Hall–Kier alpha value is -2.41. The van der Waals surface area contributed by atoms with Gasteiger partial charge in [0.05, 0.1) is 24.7 Å². The van der Waals surface area contributed by atoms with Crippen LogP contribution in [-0.2, 0) is 25.3 Å². The van der Waals surface area contributed by atoms with Gasteiger partial charge in [-0.1, -0.05) is 6.07 Å². The molecule has 2 aliphatic carbocycles. The standard InChI is InChI=1S/C22H26N2O2/c1-24-12-10-16-14-22(15-23,11-9-19(16)24)17-7-8-20(25-2)21(13-17)26-18-5-3-4-6-18/h7-8,10,12-13,18H,3-6,9,11,14H2,1-2H3. The monoisotopic (exact) mass is 350 g/mol. The summed E-state index contributed by atoms with van der Waals surface area (Å²) in [6, 6.07) is 10.8. The summed E-state index contributed by atoms with van der Waals surface area (Å²) < 4.78 is 13.9. The van der Waals surface area contributed by atoms with E-state index in [1.54, 1.807) is 7.11 Å². The third kappa shape index (κ3) is 2.86. The normalized spacial score (nSPS) is 22.7. The van der Waals surface area contributed by atoms with Crippen LogP contribution in [-0.4, -0.2) is 17.8 Å². The van der Waals surface area contributed by atoms with Crippen LogP contribution < -0.4 is 9.47 Å². The van der Waals surface area contributed by atoms with Crippen molar-refractivity contribution in [1.82, 2.24) is 4.57 Å². The Kier molecular flexibility index (Phi) is 4.40. The quantitative estimate of drug-likeness (QED) is 0.826. The predicted octanol–water partition coefficient (Wildman–Crippen LogP) is 4.31. The number of ether oxygens (including phenoxy) is 2. The Morgan fingerprint density at radius 3 is 2.73 bits per heavy atom. The van der Waals surface area contributed by atoms with Gasteiger partial charge in [-0.25, -0.2) is 0 Å². The van der Waals surface area contributed by atoms with E-state index in [4.69, 9.17) is 9.47 Å². The molecule has 1 heterocycles. The fraction of sp³-hybridized carbons (Fsp3) is 0.500. The number of benzene rings is 1. The van der Waals surface area contributed by atoms with E-state index >= 15 is 0 Å². The first-order valence-electron chi connectivity index (χ1n) is 9.55. The highest BCUT2D eigenvalue weighted by atomic mass is 16.5. The van der Waals surface area contributed by atoms with Crippen LogP contribution in [0.25, 0.3) is 0 Å². The van der Waals surface area contributed by atoms with E-state index in [0.717, 1.165) is 49.2 Å². The van der Waals surface area contributed by atoms with Gasteiger partial charge < -0.3 is 14.0 Å². The van der Waals surface area contributed by atoms with Gasteiger partial charge in [0, 0.05) is 18.9 Å². The minimum atomic E-state index is -0.492. The van der Waals surface area contributed by atoms with E-state index in [0.29, 0.717) is 0 Å². The molecule has 4 heteroatoms. The first kappa shape index (κ1) is 17.0. The number of hydrogen-bond acceptors (Lipinski definition) is 3. The van der Waals surface area contributed by atoms with Gasteiger partial charge in [-0.05, 0) is 74.3 Å². The Morgan fingerprint density at radius 2 is 2.00 bits per heavy atom. The van der Waals surface area contributed by atoms with Crippen LogP contribution in [0.15, 0.2) is 30.5 Å². The molecular weight excluding hydrogens is 324 g/mol. The van der Waals surface area contributed by atoms with Crippen LogP contribution in [0, 0.1) is 11.3 Å². The van der Waals surface area contributed by atoms with Crippen molar-refractivity contribution in [3.05, 3.63) is 47.3 Å². The second kappa shape index (κ2) is 6.72. The Balaban J connectivity index is 1.68. The molecule has 0 saturated heterocycles. The molecule has 1 unspecified atom stereocenters. The van der Waals surface area contributed by atoms with E-state index in [1.807, 2.05) is 18.2 Å². The SMILES string of the molecule is COc1ccc(C2(C#N)CCc3c(ccn3C)C2)cc1OC1CCCC1. The third-order valence-corrected chi connectivity index (χ3v) is 6.10. The molecule has 2 aliphatic rings. The fourth-order valence-electron chi connectivity index (χ4n) is 4.52. The number of rotatable bonds is 4. The zero-order valence-electron chi connectivity index (χ0n) is 15.6. The smallest absolute Gasteiger partial charge is 0.161 e. The highest BCUT2D eigenvalue weighted by molar-refractivity contribution is 5.49. The van der Waals surface area contributed by atoms with Gasteiger partial charge in [0.1, 0.15) is 0 Å². The van der Waals surface area contributed by atoms with Crippen molar-refractivity contribution in [2.75, 3.05) is 7.11 Å². The number of nitriles is 1. The maximum atomic E-state index is 10.1. The number of methoxy groups -OCH3 is 1. The van der Waals surface area contributed by atoms with Gasteiger partial charge >= 0.3 is 0 Å². The molecule has 1 aromatic heterocycles. The summed E-state index contributed by atoms with van der Waals surface area (Å²) in [5.74, 6) is 1.54. The van der Waals surface area contributed by atoms with Gasteiger partial charge in [-0.2, -0.15) is 5.26 Å². The maximum Gasteiger partial charge on any atom is 0.161 e. The average molecular weight is 350 g/mol. The molecular formula is C22H26N2O2. The van der Waals surface area contributed by atoms with Crippen molar-refractivity contribution in [1.29, 1.82) is 5.26 Å². The Bertz CT molecular complexity index is 842. The van der Waals surface area contributed by atoms with Crippen molar-refractivity contribution < 1.29 is 9.47 Å². The molecule has 0 radical (unpaired) electrons. The molecule has 4 nitrogen and oxygen atoms in total. The molecule has 1 atom stereocenters. The van der Waals surface area contributed by atoms with Gasteiger partial charge in [-0.15, -0.1) is 0 Å². The Morgan fingerprint density at radius 1 is 1.19 bits per heavy atom. The van der Waals surface area contributed by atoms with Gasteiger partial charge in [-0.3, -0.25) is 0 Å². The molecule has 1 aromatic carbocycles. The van der Waals surface area contributed by atoms with E-state index in [1.165, 1.54) is 24.1 Å². The summed E-state index contributed by atoms with van der Waals surface area (Å²) in [5, 5.41) is 10.1. The van der Waals surface area contributed by atoms with Crippen LogP contribution in [0.4, 0.5) is 0 Å². The molecule has 26 heavy (non-hydrogen) atoms. The summed E-state index contributed by atoms with van der Waals surface area (Å²) in [7, 11) is 3.76. The lowest BCUT2D eigenvalue weighted by Gasteiger charge is -2.32.